The van der Waals surface area contributed by atoms with Gasteiger partial charge in [-0.15, -0.1) is 0 Å². The quantitative estimate of drug-likeness (QED) is 0.723. The van der Waals surface area contributed by atoms with Gasteiger partial charge in [-0.3, -0.25) is 9.59 Å². The summed E-state index contributed by atoms with van der Waals surface area (Å²) in [4.78, 5) is 24.9. The molecule has 2 amide bonds. The van der Waals surface area contributed by atoms with Crippen molar-refractivity contribution in [1.82, 2.24) is 10.2 Å². The Bertz CT molecular complexity index is 495. The minimum Gasteiger partial charge on any atom is -0.508 e. The Hall–Kier alpha value is -2.24. The molecule has 6 nitrogen and oxygen atoms in total. The van der Waals surface area contributed by atoms with Crippen LogP contribution in [0.15, 0.2) is 18.2 Å². The van der Waals surface area contributed by atoms with Gasteiger partial charge >= 0.3 is 0 Å². The van der Waals surface area contributed by atoms with Gasteiger partial charge in [0.1, 0.15) is 11.5 Å². The summed E-state index contributed by atoms with van der Waals surface area (Å²) in [6, 6.07) is 3.61. The predicted octanol–water partition coefficient (Wildman–Crippen LogP) is 0.448. The van der Waals surface area contributed by atoms with E-state index in [1.807, 2.05) is 0 Å². The second kappa shape index (κ2) is 5.17. The molecule has 19 heavy (non-hydrogen) atoms. The van der Waals surface area contributed by atoms with Gasteiger partial charge in [0, 0.05) is 37.7 Å². The van der Waals surface area contributed by atoms with Gasteiger partial charge in [0.2, 0.25) is 5.91 Å². The molecule has 102 valence electrons. The molecule has 0 aromatic heterocycles. The number of likely N-dealkylation sites (tertiary alicyclic amines) is 1. The highest BCUT2D eigenvalue weighted by molar-refractivity contribution is 5.95. The van der Waals surface area contributed by atoms with Gasteiger partial charge in [-0.2, -0.15) is 0 Å². The first-order valence-electron chi connectivity index (χ1n) is 6.03. The standard InChI is InChI=1S/C13H16N2O4/c1-15-7-9(2-3-12(15)18)14-13(19)8-4-10(16)6-11(17)5-8/h4-6,9,16-17H,2-3,7H2,1H3,(H,14,19). The molecule has 1 atom stereocenters. The molecule has 1 unspecified atom stereocenters. The van der Waals surface area contributed by atoms with Gasteiger partial charge in [-0.05, 0) is 18.6 Å². The molecule has 1 saturated heterocycles. The maximum absolute atomic E-state index is 12.0. The largest absolute Gasteiger partial charge is 0.508 e. The number of phenols is 2. The van der Waals surface area contributed by atoms with Crippen molar-refractivity contribution >= 4 is 11.8 Å². The minimum absolute atomic E-state index is 0.0699. The predicted molar refractivity (Wildman–Crippen MR) is 67.9 cm³/mol. The van der Waals surface area contributed by atoms with Gasteiger partial charge < -0.3 is 20.4 Å². The number of hydrogen-bond donors (Lipinski definition) is 3. The SMILES string of the molecule is CN1CC(NC(=O)c2cc(O)cc(O)c2)CCC1=O. The lowest BCUT2D eigenvalue weighted by Crippen LogP contribution is -2.48. The summed E-state index contributed by atoms with van der Waals surface area (Å²) >= 11 is 0. The Balaban J connectivity index is 2.03. The zero-order valence-electron chi connectivity index (χ0n) is 10.6. The second-order valence-electron chi connectivity index (χ2n) is 4.72. The Morgan fingerprint density at radius 1 is 1.32 bits per heavy atom. The molecule has 0 spiro atoms. The van der Waals surface area contributed by atoms with Crippen molar-refractivity contribution in [2.24, 2.45) is 0 Å². The molecular formula is C13H16N2O4. The van der Waals surface area contributed by atoms with E-state index in [1.165, 1.54) is 12.1 Å². The molecular weight excluding hydrogens is 248 g/mol. The number of nitrogens with zero attached hydrogens (tertiary/aromatic N) is 1. The number of rotatable bonds is 2. The van der Waals surface area contributed by atoms with E-state index in [2.05, 4.69) is 5.32 Å². The number of carbonyl (C=O) groups excluding carboxylic acids is 2. The van der Waals surface area contributed by atoms with Crippen molar-refractivity contribution < 1.29 is 19.8 Å². The summed E-state index contributed by atoms with van der Waals surface area (Å²) in [5.41, 5.74) is 0.192. The Kier molecular flexibility index (Phi) is 3.59. The smallest absolute Gasteiger partial charge is 0.251 e. The first kappa shape index (κ1) is 13.2. The van der Waals surface area contributed by atoms with E-state index in [-0.39, 0.29) is 34.9 Å². The van der Waals surface area contributed by atoms with E-state index < -0.39 is 0 Å². The van der Waals surface area contributed by atoms with Crippen LogP contribution in [0.3, 0.4) is 0 Å². The van der Waals surface area contributed by atoms with E-state index in [0.717, 1.165) is 6.07 Å². The van der Waals surface area contributed by atoms with Crippen molar-refractivity contribution in [3.05, 3.63) is 23.8 Å². The van der Waals surface area contributed by atoms with Crippen LogP contribution in [0.4, 0.5) is 0 Å². The third-order valence-electron chi connectivity index (χ3n) is 3.13. The lowest BCUT2D eigenvalue weighted by atomic mass is 10.0. The van der Waals surface area contributed by atoms with E-state index in [9.17, 15) is 19.8 Å². The van der Waals surface area contributed by atoms with Crippen LogP contribution >= 0.6 is 0 Å². The van der Waals surface area contributed by atoms with Crippen LogP contribution in [0.1, 0.15) is 23.2 Å². The molecule has 1 aliphatic rings. The van der Waals surface area contributed by atoms with Gasteiger partial charge in [0.15, 0.2) is 0 Å². The van der Waals surface area contributed by atoms with Crippen LogP contribution in [0.2, 0.25) is 0 Å². The third kappa shape index (κ3) is 3.15. The highest BCUT2D eigenvalue weighted by Crippen LogP contribution is 2.20. The summed E-state index contributed by atoms with van der Waals surface area (Å²) in [6.45, 7) is 0.468. The lowest BCUT2D eigenvalue weighted by molar-refractivity contribution is -0.132. The summed E-state index contributed by atoms with van der Waals surface area (Å²) in [6.07, 6.45) is 1.01. The molecule has 1 aromatic rings. The molecule has 0 radical (unpaired) electrons. The highest BCUT2D eigenvalue weighted by Gasteiger charge is 2.24. The average Bonchev–Trinajstić information content (AvgIpc) is 2.32. The fourth-order valence-corrected chi connectivity index (χ4v) is 2.13. The van der Waals surface area contributed by atoms with Gasteiger partial charge in [-0.25, -0.2) is 0 Å². The van der Waals surface area contributed by atoms with Gasteiger partial charge in [-0.1, -0.05) is 0 Å². The van der Waals surface area contributed by atoms with Crippen molar-refractivity contribution in [3.8, 4) is 11.5 Å². The second-order valence-corrected chi connectivity index (χ2v) is 4.72. The molecule has 2 rings (SSSR count). The topological polar surface area (TPSA) is 89.9 Å². The monoisotopic (exact) mass is 264 g/mol. The molecule has 1 aliphatic heterocycles. The number of carbonyl (C=O) groups is 2. The van der Waals surface area contributed by atoms with E-state index in [1.54, 1.807) is 11.9 Å². The maximum Gasteiger partial charge on any atom is 0.251 e. The minimum atomic E-state index is -0.376. The lowest BCUT2D eigenvalue weighted by Gasteiger charge is -2.30. The van der Waals surface area contributed by atoms with Crippen LogP contribution < -0.4 is 5.32 Å². The number of benzene rings is 1. The Morgan fingerprint density at radius 3 is 2.53 bits per heavy atom. The third-order valence-corrected chi connectivity index (χ3v) is 3.13. The molecule has 0 saturated carbocycles. The van der Waals surface area contributed by atoms with Crippen LogP contribution in [-0.4, -0.2) is 46.6 Å². The number of phenolic OH excluding ortho intramolecular Hbond substituents is 2. The number of hydrogen-bond acceptors (Lipinski definition) is 4. The fraction of sp³-hybridized carbons (Fsp3) is 0.385. The summed E-state index contributed by atoms with van der Waals surface area (Å²) in [7, 11) is 1.70. The first-order chi connectivity index (χ1) is 8.95. The van der Waals surface area contributed by atoms with Gasteiger partial charge in [0.05, 0.1) is 0 Å². The molecule has 1 heterocycles. The summed E-state index contributed by atoms with van der Waals surface area (Å²) in [5.74, 6) is -0.637. The van der Waals surface area contributed by atoms with Crippen LogP contribution in [-0.2, 0) is 4.79 Å². The number of piperidine rings is 1. The zero-order chi connectivity index (χ0) is 14.0. The molecule has 6 heteroatoms. The van der Waals surface area contributed by atoms with Crippen molar-refractivity contribution in [2.75, 3.05) is 13.6 Å². The number of aromatic hydroxyl groups is 2. The van der Waals surface area contributed by atoms with Crippen molar-refractivity contribution in [3.63, 3.8) is 0 Å². The zero-order valence-corrected chi connectivity index (χ0v) is 10.6. The van der Waals surface area contributed by atoms with Crippen molar-refractivity contribution in [2.45, 2.75) is 18.9 Å². The van der Waals surface area contributed by atoms with Crippen LogP contribution in [0, 0.1) is 0 Å². The van der Waals surface area contributed by atoms with Crippen molar-refractivity contribution in [1.29, 1.82) is 0 Å². The number of amides is 2. The normalized spacial score (nSPS) is 19.3. The Morgan fingerprint density at radius 2 is 1.95 bits per heavy atom. The maximum atomic E-state index is 12.0. The summed E-state index contributed by atoms with van der Waals surface area (Å²) in [5, 5.41) is 21.5. The highest BCUT2D eigenvalue weighted by atomic mass is 16.3. The molecule has 0 aliphatic carbocycles. The average molecular weight is 264 g/mol. The van der Waals surface area contributed by atoms with Gasteiger partial charge in [0.25, 0.3) is 5.91 Å². The molecule has 1 aromatic carbocycles. The number of likely N-dealkylation sites (N-methyl/N-ethyl adjacent to an activating group) is 1. The molecule has 1 fully saturated rings. The molecule has 0 bridgehead atoms. The van der Waals surface area contributed by atoms with Crippen LogP contribution in [0.25, 0.3) is 0 Å². The number of nitrogens with one attached hydrogen (secondary N) is 1. The molecule has 3 N–H and O–H groups in total. The fourth-order valence-electron chi connectivity index (χ4n) is 2.13. The van der Waals surface area contributed by atoms with E-state index >= 15 is 0 Å². The summed E-state index contributed by atoms with van der Waals surface area (Å²) < 4.78 is 0. The first-order valence-corrected chi connectivity index (χ1v) is 6.03. The van der Waals surface area contributed by atoms with Crippen LogP contribution in [0.5, 0.6) is 11.5 Å². The Labute approximate surface area is 110 Å². The van der Waals surface area contributed by atoms with E-state index in [0.29, 0.717) is 19.4 Å². The van der Waals surface area contributed by atoms with E-state index in [4.69, 9.17) is 0 Å².